The average Bonchev–Trinajstić information content (AvgIpc) is 3.00. The Bertz CT molecular complexity index is 721. The fourth-order valence-corrected chi connectivity index (χ4v) is 3.16. The molecule has 1 saturated heterocycles. The van der Waals surface area contributed by atoms with Crippen LogP contribution in [0.25, 0.3) is 0 Å². The normalized spacial score (nSPS) is 19.4. The third kappa shape index (κ3) is 3.80. The number of likely N-dealkylation sites (tertiary alicyclic amines) is 1. The van der Waals surface area contributed by atoms with Gasteiger partial charge >= 0.3 is 0 Å². The third-order valence-electron chi connectivity index (χ3n) is 4.67. The Morgan fingerprint density at radius 2 is 2.15 bits per heavy atom. The van der Waals surface area contributed by atoms with Gasteiger partial charge in [-0.3, -0.25) is 14.4 Å². The van der Waals surface area contributed by atoms with Crippen molar-refractivity contribution in [1.29, 1.82) is 0 Å². The first kappa shape index (κ1) is 18.2. The highest BCUT2D eigenvalue weighted by atomic mass is 16.5. The predicted octanol–water partition coefficient (Wildman–Crippen LogP) is 0.865. The van der Waals surface area contributed by atoms with Crippen LogP contribution in [0.5, 0.6) is 5.75 Å². The summed E-state index contributed by atoms with van der Waals surface area (Å²) in [7, 11) is 3.29. The molecule has 2 aliphatic heterocycles. The maximum absolute atomic E-state index is 12.5. The summed E-state index contributed by atoms with van der Waals surface area (Å²) in [4.78, 5) is 39.5. The SMILES string of the molecule is COCCCN1C[C@H](C(=O)Nc2ccc3c(c2)N(C)C(=O)CO3)CC1=O. The molecule has 1 aromatic rings. The molecular weight excluding hydrogens is 338 g/mol. The summed E-state index contributed by atoms with van der Waals surface area (Å²) >= 11 is 0. The van der Waals surface area contributed by atoms with E-state index in [0.717, 1.165) is 6.42 Å². The lowest BCUT2D eigenvalue weighted by Crippen LogP contribution is -2.35. The van der Waals surface area contributed by atoms with E-state index in [1.807, 2.05) is 0 Å². The first-order chi connectivity index (χ1) is 12.5. The van der Waals surface area contributed by atoms with Crippen molar-refractivity contribution in [2.75, 3.05) is 50.7 Å². The highest BCUT2D eigenvalue weighted by Crippen LogP contribution is 2.34. The second-order valence-corrected chi connectivity index (χ2v) is 6.50. The van der Waals surface area contributed by atoms with Gasteiger partial charge in [0.2, 0.25) is 11.8 Å². The molecule has 8 nitrogen and oxygen atoms in total. The molecule has 0 bridgehead atoms. The van der Waals surface area contributed by atoms with Gasteiger partial charge in [0.15, 0.2) is 6.61 Å². The first-order valence-corrected chi connectivity index (χ1v) is 8.60. The Kier molecular flexibility index (Phi) is 5.41. The van der Waals surface area contributed by atoms with Crippen molar-refractivity contribution in [2.45, 2.75) is 12.8 Å². The quantitative estimate of drug-likeness (QED) is 0.760. The number of likely N-dealkylation sites (N-methyl/N-ethyl adjacent to an activating group) is 1. The molecule has 2 heterocycles. The van der Waals surface area contributed by atoms with Crippen LogP contribution in [0.1, 0.15) is 12.8 Å². The summed E-state index contributed by atoms with van der Waals surface area (Å²) in [6, 6.07) is 5.16. The van der Waals surface area contributed by atoms with E-state index >= 15 is 0 Å². The molecule has 26 heavy (non-hydrogen) atoms. The Morgan fingerprint density at radius 3 is 2.92 bits per heavy atom. The van der Waals surface area contributed by atoms with Crippen molar-refractivity contribution in [3.8, 4) is 5.75 Å². The van der Waals surface area contributed by atoms with Crippen molar-refractivity contribution < 1.29 is 23.9 Å². The molecule has 0 aromatic heterocycles. The van der Waals surface area contributed by atoms with Gasteiger partial charge in [-0.2, -0.15) is 0 Å². The van der Waals surface area contributed by atoms with E-state index in [2.05, 4.69) is 5.32 Å². The minimum atomic E-state index is -0.378. The van der Waals surface area contributed by atoms with Crippen LogP contribution in [0.3, 0.4) is 0 Å². The van der Waals surface area contributed by atoms with Crippen LogP contribution in [0.2, 0.25) is 0 Å². The Hall–Kier alpha value is -2.61. The van der Waals surface area contributed by atoms with Gasteiger partial charge in [-0.15, -0.1) is 0 Å². The number of methoxy groups -OCH3 is 1. The highest BCUT2D eigenvalue weighted by Gasteiger charge is 2.34. The van der Waals surface area contributed by atoms with Crippen LogP contribution in [-0.4, -0.2) is 63.1 Å². The molecule has 2 aliphatic rings. The molecule has 0 unspecified atom stereocenters. The molecule has 1 aromatic carbocycles. The summed E-state index contributed by atoms with van der Waals surface area (Å²) in [5, 5.41) is 2.84. The van der Waals surface area contributed by atoms with E-state index in [1.165, 1.54) is 4.90 Å². The standard InChI is InChI=1S/C18H23N3O5/c1-20-14-9-13(4-5-15(14)26-11-17(20)23)19-18(24)12-8-16(22)21(10-12)6-3-7-25-2/h4-5,9,12H,3,6-8,10-11H2,1-2H3,(H,19,24)/t12-/m1/s1. The fourth-order valence-electron chi connectivity index (χ4n) is 3.16. The highest BCUT2D eigenvalue weighted by molar-refractivity contribution is 6.00. The summed E-state index contributed by atoms with van der Waals surface area (Å²) in [6.45, 7) is 1.61. The van der Waals surface area contributed by atoms with E-state index in [1.54, 1.807) is 37.3 Å². The summed E-state index contributed by atoms with van der Waals surface area (Å²) in [6.07, 6.45) is 0.965. The van der Waals surface area contributed by atoms with Gasteiger partial charge in [0.25, 0.3) is 5.91 Å². The minimum absolute atomic E-state index is 0.00887. The number of carbonyl (C=O) groups is 3. The van der Waals surface area contributed by atoms with Crippen LogP contribution in [0, 0.1) is 5.92 Å². The van der Waals surface area contributed by atoms with Gasteiger partial charge in [0.05, 0.1) is 11.6 Å². The maximum atomic E-state index is 12.5. The molecule has 1 atom stereocenters. The largest absolute Gasteiger partial charge is 0.482 e. The molecule has 3 amide bonds. The fraction of sp³-hybridized carbons (Fsp3) is 0.500. The Morgan fingerprint density at radius 1 is 1.35 bits per heavy atom. The lowest BCUT2D eigenvalue weighted by molar-refractivity contribution is -0.128. The van der Waals surface area contributed by atoms with Gasteiger partial charge in [0.1, 0.15) is 5.75 Å². The molecule has 140 valence electrons. The zero-order valence-corrected chi connectivity index (χ0v) is 15.0. The summed E-state index contributed by atoms with van der Waals surface area (Å²) < 4.78 is 10.4. The number of nitrogens with zero attached hydrogens (tertiary/aromatic N) is 2. The van der Waals surface area contributed by atoms with Crippen molar-refractivity contribution in [2.24, 2.45) is 5.92 Å². The Balaban J connectivity index is 1.62. The Labute approximate surface area is 152 Å². The molecule has 0 aliphatic carbocycles. The number of rotatable bonds is 6. The van der Waals surface area contributed by atoms with Crippen LogP contribution in [-0.2, 0) is 19.1 Å². The summed E-state index contributed by atoms with van der Waals surface area (Å²) in [5.74, 6) is -0.125. The number of carbonyl (C=O) groups excluding carboxylic acids is 3. The van der Waals surface area contributed by atoms with E-state index in [4.69, 9.17) is 9.47 Å². The average molecular weight is 361 g/mol. The van der Waals surface area contributed by atoms with E-state index < -0.39 is 0 Å². The number of benzene rings is 1. The number of ether oxygens (including phenoxy) is 2. The maximum Gasteiger partial charge on any atom is 0.264 e. The second-order valence-electron chi connectivity index (χ2n) is 6.50. The molecular formula is C18H23N3O5. The molecule has 1 fully saturated rings. The van der Waals surface area contributed by atoms with Gasteiger partial charge in [-0.05, 0) is 24.6 Å². The minimum Gasteiger partial charge on any atom is -0.482 e. The first-order valence-electron chi connectivity index (χ1n) is 8.60. The number of hydrogen-bond acceptors (Lipinski definition) is 5. The van der Waals surface area contributed by atoms with E-state index in [9.17, 15) is 14.4 Å². The van der Waals surface area contributed by atoms with Gasteiger partial charge in [-0.25, -0.2) is 0 Å². The molecule has 0 spiro atoms. The number of amides is 3. The van der Waals surface area contributed by atoms with Crippen LogP contribution in [0.4, 0.5) is 11.4 Å². The number of fused-ring (bicyclic) bond motifs is 1. The van der Waals surface area contributed by atoms with Gasteiger partial charge in [0, 0.05) is 46.0 Å². The number of hydrogen-bond donors (Lipinski definition) is 1. The van der Waals surface area contributed by atoms with E-state index in [-0.39, 0.29) is 36.7 Å². The van der Waals surface area contributed by atoms with Crippen LogP contribution in [0.15, 0.2) is 18.2 Å². The van der Waals surface area contributed by atoms with Crippen LogP contribution >= 0.6 is 0 Å². The van der Waals surface area contributed by atoms with Crippen molar-refractivity contribution in [3.63, 3.8) is 0 Å². The lowest BCUT2D eigenvalue weighted by atomic mass is 10.1. The monoisotopic (exact) mass is 361 g/mol. The molecule has 3 rings (SSSR count). The second kappa shape index (κ2) is 7.74. The molecule has 8 heteroatoms. The zero-order valence-electron chi connectivity index (χ0n) is 15.0. The summed E-state index contributed by atoms with van der Waals surface area (Å²) in [5.41, 5.74) is 1.19. The lowest BCUT2D eigenvalue weighted by Gasteiger charge is -2.26. The van der Waals surface area contributed by atoms with Crippen molar-refractivity contribution in [1.82, 2.24) is 4.90 Å². The number of nitrogens with one attached hydrogen (secondary N) is 1. The number of anilines is 2. The van der Waals surface area contributed by atoms with Crippen molar-refractivity contribution in [3.05, 3.63) is 18.2 Å². The van der Waals surface area contributed by atoms with E-state index in [0.29, 0.717) is 36.8 Å². The topological polar surface area (TPSA) is 88.2 Å². The third-order valence-corrected chi connectivity index (χ3v) is 4.67. The molecule has 0 radical (unpaired) electrons. The van der Waals surface area contributed by atoms with Crippen molar-refractivity contribution >= 4 is 29.1 Å². The zero-order chi connectivity index (χ0) is 18.7. The molecule has 1 N–H and O–H groups in total. The van der Waals surface area contributed by atoms with Gasteiger partial charge < -0.3 is 24.6 Å². The van der Waals surface area contributed by atoms with Crippen LogP contribution < -0.4 is 15.0 Å². The predicted molar refractivity (Wildman–Crippen MR) is 95.2 cm³/mol. The smallest absolute Gasteiger partial charge is 0.264 e. The molecule has 0 saturated carbocycles. The van der Waals surface area contributed by atoms with Gasteiger partial charge in [-0.1, -0.05) is 0 Å².